The van der Waals surface area contributed by atoms with Crippen molar-refractivity contribution in [2.75, 3.05) is 18.4 Å². The Balaban J connectivity index is 2.03. The Morgan fingerprint density at radius 3 is 3.00 bits per heavy atom. The summed E-state index contributed by atoms with van der Waals surface area (Å²) in [6.45, 7) is 1.39. The Morgan fingerprint density at radius 2 is 2.43 bits per heavy atom. The van der Waals surface area contributed by atoms with Gasteiger partial charge in [-0.15, -0.1) is 0 Å². The second-order valence-corrected chi connectivity index (χ2v) is 3.22. The van der Waals surface area contributed by atoms with Gasteiger partial charge in [0.05, 0.1) is 5.92 Å². The fraction of sp³-hybridized carbons (Fsp3) is 0.333. The van der Waals surface area contributed by atoms with Gasteiger partial charge in [-0.3, -0.25) is 4.79 Å². The lowest BCUT2D eigenvalue weighted by Crippen LogP contribution is -2.48. The van der Waals surface area contributed by atoms with Crippen molar-refractivity contribution in [2.45, 2.75) is 0 Å². The van der Waals surface area contributed by atoms with Gasteiger partial charge in [0.2, 0.25) is 5.91 Å². The van der Waals surface area contributed by atoms with Gasteiger partial charge in [-0.2, -0.15) is 0 Å². The number of aromatic nitrogens is 1. The predicted octanol–water partition coefficient (Wildman–Crippen LogP) is -0.0549. The van der Waals surface area contributed by atoms with Crippen molar-refractivity contribution in [1.29, 1.82) is 0 Å². The van der Waals surface area contributed by atoms with Crippen molar-refractivity contribution in [1.82, 2.24) is 10.3 Å². The Bertz CT molecular complexity index is 350. The molecule has 0 aromatic carbocycles. The molecule has 1 amide bonds. The van der Waals surface area contributed by atoms with Crippen LogP contribution in [0, 0.1) is 5.92 Å². The van der Waals surface area contributed by atoms with E-state index >= 15 is 0 Å². The number of anilines is 1. The van der Waals surface area contributed by atoms with E-state index in [-0.39, 0.29) is 23.4 Å². The quantitative estimate of drug-likeness (QED) is 0.615. The van der Waals surface area contributed by atoms with Crippen LogP contribution in [-0.4, -0.2) is 29.1 Å². The number of nitrogens with one attached hydrogen (secondary N) is 2. The average Bonchev–Trinajstić information content (AvgIpc) is 2.05. The number of amides is 1. The predicted molar refractivity (Wildman–Crippen MR) is 50.9 cm³/mol. The third-order valence-electron chi connectivity index (χ3n) is 2.18. The highest BCUT2D eigenvalue weighted by atomic mass is 16.3. The zero-order valence-electron chi connectivity index (χ0n) is 7.53. The number of carbonyl (C=O) groups excluding carboxylic acids is 1. The van der Waals surface area contributed by atoms with E-state index < -0.39 is 0 Å². The molecule has 1 aliphatic rings. The first kappa shape index (κ1) is 8.96. The zero-order valence-corrected chi connectivity index (χ0v) is 7.53. The maximum absolute atomic E-state index is 11.4. The van der Waals surface area contributed by atoms with E-state index in [9.17, 15) is 9.90 Å². The van der Waals surface area contributed by atoms with Gasteiger partial charge in [0.15, 0.2) is 11.6 Å². The fourth-order valence-corrected chi connectivity index (χ4v) is 1.19. The van der Waals surface area contributed by atoms with Crippen molar-refractivity contribution in [3.05, 3.63) is 18.3 Å². The van der Waals surface area contributed by atoms with Gasteiger partial charge in [0.25, 0.3) is 0 Å². The Hall–Kier alpha value is -1.62. The standard InChI is InChI=1S/C9H11N3O2/c13-7-2-1-3-11-8(7)12-9(14)6-4-10-5-6/h1-3,6,10,13H,4-5H2,(H,11,12,14). The van der Waals surface area contributed by atoms with E-state index in [0.717, 1.165) is 0 Å². The van der Waals surface area contributed by atoms with Gasteiger partial charge in [-0.05, 0) is 12.1 Å². The molecule has 1 aliphatic heterocycles. The van der Waals surface area contributed by atoms with Crippen molar-refractivity contribution in [3.8, 4) is 5.75 Å². The van der Waals surface area contributed by atoms with E-state index in [1.54, 1.807) is 6.07 Å². The van der Waals surface area contributed by atoms with E-state index in [1.165, 1.54) is 12.3 Å². The topological polar surface area (TPSA) is 74.2 Å². The van der Waals surface area contributed by atoms with Crippen LogP contribution in [0.15, 0.2) is 18.3 Å². The molecular formula is C9H11N3O2. The van der Waals surface area contributed by atoms with Crippen molar-refractivity contribution in [2.24, 2.45) is 5.92 Å². The third-order valence-corrected chi connectivity index (χ3v) is 2.18. The summed E-state index contributed by atoms with van der Waals surface area (Å²) in [6.07, 6.45) is 1.52. The summed E-state index contributed by atoms with van der Waals surface area (Å²) >= 11 is 0. The van der Waals surface area contributed by atoms with E-state index in [4.69, 9.17) is 0 Å². The van der Waals surface area contributed by atoms with Crippen LogP contribution < -0.4 is 10.6 Å². The summed E-state index contributed by atoms with van der Waals surface area (Å²) in [4.78, 5) is 15.3. The molecule has 14 heavy (non-hydrogen) atoms. The average molecular weight is 193 g/mol. The van der Waals surface area contributed by atoms with Gasteiger partial charge in [0.1, 0.15) is 0 Å². The monoisotopic (exact) mass is 193 g/mol. The number of aromatic hydroxyl groups is 1. The van der Waals surface area contributed by atoms with Crippen LogP contribution in [0.1, 0.15) is 0 Å². The minimum atomic E-state index is -0.0993. The first-order chi connectivity index (χ1) is 6.77. The summed E-state index contributed by atoms with van der Waals surface area (Å²) in [5.74, 6) is 0.117. The molecular weight excluding hydrogens is 182 g/mol. The van der Waals surface area contributed by atoms with Gasteiger partial charge < -0.3 is 15.7 Å². The minimum absolute atomic E-state index is 0.00333. The second-order valence-electron chi connectivity index (χ2n) is 3.22. The third kappa shape index (κ3) is 1.67. The molecule has 2 heterocycles. The maximum Gasteiger partial charge on any atom is 0.231 e. The van der Waals surface area contributed by atoms with E-state index in [2.05, 4.69) is 15.6 Å². The van der Waals surface area contributed by atoms with Crippen LogP contribution in [0.4, 0.5) is 5.82 Å². The number of nitrogens with zero attached hydrogens (tertiary/aromatic N) is 1. The van der Waals surface area contributed by atoms with Crippen molar-refractivity contribution in [3.63, 3.8) is 0 Å². The summed E-state index contributed by atoms with van der Waals surface area (Å²) in [5.41, 5.74) is 0. The molecule has 0 bridgehead atoms. The van der Waals surface area contributed by atoms with E-state index in [1.807, 2.05) is 0 Å². The lowest BCUT2D eigenvalue weighted by Gasteiger charge is -2.25. The van der Waals surface area contributed by atoms with Crippen molar-refractivity contribution < 1.29 is 9.90 Å². The van der Waals surface area contributed by atoms with Gasteiger partial charge in [-0.1, -0.05) is 0 Å². The Morgan fingerprint density at radius 1 is 1.64 bits per heavy atom. The Kier molecular flexibility index (Phi) is 2.32. The first-order valence-electron chi connectivity index (χ1n) is 4.43. The number of hydrogen-bond donors (Lipinski definition) is 3. The molecule has 0 unspecified atom stereocenters. The summed E-state index contributed by atoms with van der Waals surface area (Å²) < 4.78 is 0. The summed E-state index contributed by atoms with van der Waals surface area (Å²) in [5, 5.41) is 14.9. The largest absolute Gasteiger partial charge is 0.504 e. The highest BCUT2D eigenvalue weighted by molar-refractivity contribution is 5.93. The molecule has 0 aliphatic carbocycles. The molecule has 2 rings (SSSR count). The van der Waals surface area contributed by atoms with Crippen LogP contribution in [0.25, 0.3) is 0 Å². The molecule has 1 aromatic rings. The number of rotatable bonds is 2. The second kappa shape index (κ2) is 3.63. The molecule has 3 N–H and O–H groups in total. The number of hydrogen-bond acceptors (Lipinski definition) is 4. The fourth-order valence-electron chi connectivity index (χ4n) is 1.19. The highest BCUT2D eigenvalue weighted by Crippen LogP contribution is 2.19. The number of pyridine rings is 1. The maximum atomic E-state index is 11.4. The smallest absolute Gasteiger partial charge is 0.231 e. The molecule has 1 saturated heterocycles. The normalized spacial score (nSPS) is 16.0. The van der Waals surface area contributed by atoms with Crippen molar-refractivity contribution >= 4 is 11.7 Å². The summed E-state index contributed by atoms with van der Waals surface area (Å²) in [7, 11) is 0. The molecule has 5 nitrogen and oxygen atoms in total. The molecule has 0 spiro atoms. The van der Waals surface area contributed by atoms with Crippen LogP contribution >= 0.6 is 0 Å². The van der Waals surface area contributed by atoms with Crippen LogP contribution in [0.3, 0.4) is 0 Å². The molecule has 0 radical (unpaired) electrons. The SMILES string of the molecule is O=C(Nc1ncccc1O)C1CNC1. The molecule has 5 heteroatoms. The summed E-state index contributed by atoms with van der Waals surface area (Å²) in [6, 6.07) is 3.09. The van der Waals surface area contributed by atoms with Crippen LogP contribution in [0.2, 0.25) is 0 Å². The molecule has 0 atom stereocenters. The van der Waals surface area contributed by atoms with Crippen LogP contribution in [-0.2, 0) is 4.79 Å². The van der Waals surface area contributed by atoms with Gasteiger partial charge >= 0.3 is 0 Å². The van der Waals surface area contributed by atoms with Gasteiger partial charge in [-0.25, -0.2) is 4.98 Å². The lowest BCUT2D eigenvalue weighted by atomic mass is 10.0. The Labute approximate surface area is 81.2 Å². The van der Waals surface area contributed by atoms with Gasteiger partial charge in [0, 0.05) is 19.3 Å². The number of carbonyl (C=O) groups is 1. The highest BCUT2D eigenvalue weighted by Gasteiger charge is 2.25. The molecule has 1 aromatic heterocycles. The molecule has 74 valence electrons. The lowest BCUT2D eigenvalue weighted by molar-refractivity contribution is -0.121. The molecule has 0 saturated carbocycles. The molecule has 1 fully saturated rings. The van der Waals surface area contributed by atoms with E-state index in [0.29, 0.717) is 13.1 Å². The first-order valence-corrected chi connectivity index (χ1v) is 4.43. The zero-order chi connectivity index (χ0) is 9.97. The van der Waals surface area contributed by atoms with Crippen LogP contribution in [0.5, 0.6) is 5.75 Å². The minimum Gasteiger partial charge on any atom is -0.504 e.